The van der Waals surface area contributed by atoms with Crippen molar-refractivity contribution in [3.8, 4) is 0 Å². The summed E-state index contributed by atoms with van der Waals surface area (Å²) >= 11 is 0. The predicted octanol–water partition coefficient (Wildman–Crippen LogP) is 1.17. The molecule has 1 aromatic heterocycles. The number of halogens is 3. The molecule has 1 aromatic carbocycles. The highest BCUT2D eigenvalue weighted by Crippen LogP contribution is 2.34. The third kappa shape index (κ3) is 6.08. The van der Waals surface area contributed by atoms with Crippen LogP contribution in [0.5, 0.6) is 0 Å². The lowest BCUT2D eigenvalue weighted by Gasteiger charge is -2.43. The molecule has 210 valence electrons. The van der Waals surface area contributed by atoms with Gasteiger partial charge >= 0.3 is 11.8 Å². The van der Waals surface area contributed by atoms with Crippen molar-refractivity contribution in [3.05, 3.63) is 52.1 Å². The van der Waals surface area contributed by atoms with Gasteiger partial charge in [0.25, 0.3) is 11.7 Å². The number of morpholine rings is 2. The smallest absolute Gasteiger partial charge is 0.417 e. The Hall–Kier alpha value is -3.46. The van der Waals surface area contributed by atoms with Gasteiger partial charge in [-0.2, -0.15) is 13.2 Å². The van der Waals surface area contributed by atoms with Crippen molar-refractivity contribution in [1.82, 2.24) is 20.4 Å². The average molecular weight is 551 g/mol. The summed E-state index contributed by atoms with van der Waals surface area (Å²) in [7, 11) is 0. The van der Waals surface area contributed by atoms with E-state index in [9.17, 15) is 22.8 Å². The Morgan fingerprint density at radius 1 is 1.08 bits per heavy atom. The molecule has 0 saturated carbocycles. The maximum Gasteiger partial charge on any atom is 0.417 e. The van der Waals surface area contributed by atoms with Gasteiger partial charge in [-0.25, -0.2) is 14.7 Å². The summed E-state index contributed by atoms with van der Waals surface area (Å²) in [6, 6.07) is 4.09. The number of alkyl halides is 3. The van der Waals surface area contributed by atoms with Crippen LogP contribution in [-0.4, -0.2) is 93.4 Å². The Bertz CT molecular complexity index is 1320. The van der Waals surface area contributed by atoms with Crippen LogP contribution in [0, 0.1) is 0 Å². The summed E-state index contributed by atoms with van der Waals surface area (Å²) in [5.41, 5.74) is -2.39. The average Bonchev–Trinajstić information content (AvgIpc) is 2.93. The van der Waals surface area contributed by atoms with Crippen molar-refractivity contribution >= 4 is 28.8 Å². The monoisotopic (exact) mass is 550 g/mol. The number of nitrogens with zero attached hydrogens (tertiary/aromatic N) is 3. The topological polar surface area (TPSA) is 121 Å². The number of hydrogen-bond acceptors (Lipinski definition) is 10. The molecule has 4 heterocycles. The first-order valence-electron chi connectivity index (χ1n) is 12.6. The molecule has 3 aliphatic rings. The summed E-state index contributed by atoms with van der Waals surface area (Å²) in [5.74, 6) is -1.50. The maximum absolute atomic E-state index is 13.8. The molecule has 2 saturated heterocycles. The number of ether oxygens (including phenoxy) is 2. The van der Waals surface area contributed by atoms with Crippen LogP contribution in [0.2, 0.25) is 0 Å². The molecule has 0 radical (unpaired) electrons. The third-order valence-corrected chi connectivity index (χ3v) is 6.75. The molecule has 14 heteroatoms. The van der Waals surface area contributed by atoms with Crippen molar-refractivity contribution in [2.75, 3.05) is 71.0 Å². The van der Waals surface area contributed by atoms with Gasteiger partial charge in [-0.15, -0.1) is 0 Å². The number of anilines is 1. The lowest BCUT2D eigenvalue weighted by Crippen LogP contribution is -2.68. The van der Waals surface area contributed by atoms with E-state index in [0.29, 0.717) is 57.9 Å². The van der Waals surface area contributed by atoms with E-state index < -0.39 is 29.1 Å². The van der Waals surface area contributed by atoms with Gasteiger partial charge in [0, 0.05) is 68.7 Å². The van der Waals surface area contributed by atoms with Crippen LogP contribution >= 0.6 is 0 Å². The molecule has 1 atom stereocenters. The van der Waals surface area contributed by atoms with Gasteiger partial charge < -0.3 is 29.8 Å². The highest BCUT2D eigenvalue weighted by Gasteiger charge is 2.46. The minimum absolute atomic E-state index is 0.149. The summed E-state index contributed by atoms with van der Waals surface area (Å²) < 4.78 is 56.1. The van der Waals surface area contributed by atoms with E-state index in [1.165, 1.54) is 18.3 Å². The lowest BCUT2D eigenvalue weighted by atomic mass is 10.1. The fourth-order valence-electron chi connectivity index (χ4n) is 4.76. The molecule has 0 spiro atoms. The fraction of sp³-hybridized carbons (Fsp3) is 0.480. The number of allylic oxidation sites excluding steroid dienone is 1. The van der Waals surface area contributed by atoms with Crippen LogP contribution < -0.4 is 21.6 Å². The second-order valence-electron chi connectivity index (χ2n) is 9.28. The van der Waals surface area contributed by atoms with Crippen molar-refractivity contribution in [1.29, 1.82) is 0 Å². The van der Waals surface area contributed by atoms with Gasteiger partial charge in [-0.1, -0.05) is 0 Å². The largest absolute Gasteiger partial charge is 0.423 e. The minimum Gasteiger partial charge on any atom is -0.423 e. The number of hydrogen-bond donors (Lipinski definition) is 3. The zero-order valence-corrected chi connectivity index (χ0v) is 21.1. The summed E-state index contributed by atoms with van der Waals surface area (Å²) in [4.78, 5) is 34.2. The number of carbonyl (C=O) groups is 1. The zero-order chi connectivity index (χ0) is 27.5. The molecule has 2 fully saturated rings. The van der Waals surface area contributed by atoms with Gasteiger partial charge in [0.2, 0.25) is 0 Å². The molecule has 3 N–H and O–H groups in total. The van der Waals surface area contributed by atoms with Gasteiger partial charge in [-0.3, -0.25) is 9.69 Å². The van der Waals surface area contributed by atoms with Gasteiger partial charge in [0.1, 0.15) is 11.4 Å². The standard InChI is InChI=1S/C25H29F3N6O5/c26-24(27,28)19-16-22(35)39-20-15-17(1-2-18(19)20)31-23(36)25(34-9-13-38-14-10-34)30-4-3-21(32-25)29-5-6-33-7-11-37-12-8-33/h1-4,15-16,29,32H,5-14H2,(H,31,36). The molecular weight excluding hydrogens is 521 g/mol. The molecule has 0 bridgehead atoms. The zero-order valence-electron chi connectivity index (χ0n) is 21.1. The van der Waals surface area contributed by atoms with Crippen LogP contribution in [0.1, 0.15) is 5.56 Å². The molecule has 11 nitrogen and oxygen atoms in total. The van der Waals surface area contributed by atoms with Crippen molar-refractivity contribution in [2.45, 2.75) is 12.0 Å². The molecule has 2 aromatic rings. The molecule has 3 aliphatic heterocycles. The van der Waals surface area contributed by atoms with Gasteiger partial charge in [-0.05, 0) is 18.2 Å². The number of aliphatic imine (C=N–C) groups is 1. The number of carbonyl (C=O) groups excluding carboxylic acids is 1. The number of benzene rings is 1. The van der Waals surface area contributed by atoms with E-state index in [2.05, 4.69) is 25.8 Å². The van der Waals surface area contributed by atoms with Crippen molar-refractivity contribution in [2.24, 2.45) is 4.99 Å². The summed E-state index contributed by atoms with van der Waals surface area (Å²) in [6.07, 6.45) is -1.47. The van der Waals surface area contributed by atoms with Crippen LogP contribution in [0.15, 0.2) is 50.4 Å². The normalized spacial score (nSPS) is 22.8. The lowest BCUT2D eigenvalue weighted by molar-refractivity contribution is -0.136. The Kier molecular flexibility index (Phi) is 7.88. The van der Waals surface area contributed by atoms with Crippen LogP contribution in [0.25, 0.3) is 11.0 Å². The van der Waals surface area contributed by atoms with E-state index >= 15 is 0 Å². The summed E-state index contributed by atoms with van der Waals surface area (Å²) in [5, 5.41) is 8.97. The molecule has 39 heavy (non-hydrogen) atoms. The predicted molar refractivity (Wildman–Crippen MR) is 136 cm³/mol. The highest BCUT2D eigenvalue weighted by molar-refractivity contribution is 6.00. The number of amides is 1. The fourth-order valence-corrected chi connectivity index (χ4v) is 4.76. The molecule has 1 amide bonds. The van der Waals surface area contributed by atoms with E-state index in [0.717, 1.165) is 25.7 Å². The Morgan fingerprint density at radius 2 is 1.79 bits per heavy atom. The van der Waals surface area contributed by atoms with Crippen molar-refractivity contribution < 1.29 is 31.9 Å². The SMILES string of the molecule is O=C(Nc1ccc2c(C(F)(F)F)cc(=O)oc2c1)C1(N2CCOCC2)N=CC=C(NCCN2CCOCC2)N1. The first kappa shape index (κ1) is 27.1. The second-order valence-corrected chi connectivity index (χ2v) is 9.28. The maximum atomic E-state index is 13.8. The van der Waals surface area contributed by atoms with Gasteiger partial charge in [0.15, 0.2) is 0 Å². The van der Waals surface area contributed by atoms with Crippen molar-refractivity contribution in [3.63, 3.8) is 0 Å². The van der Waals surface area contributed by atoms with Crippen LogP contribution in [-0.2, 0) is 20.4 Å². The number of fused-ring (bicyclic) bond motifs is 1. The molecule has 5 rings (SSSR count). The van der Waals surface area contributed by atoms with Crippen LogP contribution in [0.3, 0.4) is 0 Å². The Balaban J connectivity index is 1.35. The number of rotatable bonds is 7. The molecular formula is C25H29F3N6O5. The first-order valence-corrected chi connectivity index (χ1v) is 12.6. The van der Waals surface area contributed by atoms with Gasteiger partial charge in [0.05, 0.1) is 32.0 Å². The van der Waals surface area contributed by atoms with E-state index in [-0.39, 0.29) is 16.7 Å². The van der Waals surface area contributed by atoms with E-state index in [4.69, 9.17) is 13.9 Å². The first-order chi connectivity index (χ1) is 18.7. The quantitative estimate of drug-likeness (QED) is 0.437. The van der Waals surface area contributed by atoms with E-state index in [1.807, 2.05) is 4.90 Å². The van der Waals surface area contributed by atoms with Crippen LogP contribution in [0.4, 0.5) is 18.9 Å². The minimum atomic E-state index is -4.74. The molecule has 0 aliphatic carbocycles. The Labute approximate surface area is 221 Å². The summed E-state index contributed by atoms with van der Waals surface area (Å²) in [6.45, 7) is 6.15. The second kappa shape index (κ2) is 11.3. The Morgan fingerprint density at radius 3 is 2.51 bits per heavy atom. The molecule has 1 unspecified atom stereocenters. The number of nitrogens with one attached hydrogen (secondary N) is 3. The van der Waals surface area contributed by atoms with E-state index in [1.54, 1.807) is 6.08 Å². The highest BCUT2D eigenvalue weighted by atomic mass is 19.4. The third-order valence-electron chi connectivity index (χ3n) is 6.75.